The van der Waals surface area contributed by atoms with E-state index in [1.165, 1.54) is 0 Å². The standard InChI is InChI=1S/C6H8ClN3.C2H6/c1-3-4(2)9-6(7)10-5(3)8;1-2/h1-2H3,(H2,8,9,10);1-2H3. The lowest BCUT2D eigenvalue weighted by Crippen LogP contribution is -1.99. The van der Waals surface area contributed by atoms with Gasteiger partial charge in [0.25, 0.3) is 0 Å². The van der Waals surface area contributed by atoms with E-state index in [0.717, 1.165) is 11.3 Å². The second kappa shape index (κ2) is 4.93. The largest absolute Gasteiger partial charge is 0.383 e. The first-order chi connectivity index (χ1) is 5.61. The highest BCUT2D eigenvalue weighted by Crippen LogP contribution is 2.12. The third-order valence-corrected chi connectivity index (χ3v) is 1.57. The summed E-state index contributed by atoms with van der Waals surface area (Å²) in [5.41, 5.74) is 7.21. The van der Waals surface area contributed by atoms with Crippen LogP contribution in [0.2, 0.25) is 5.28 Å². The second-order valence-electron chi connectivity index (χ2n) is 2.09. The molecule has 0 fully saturated rings. The van der Waals surface area contributed by atoms with Gasteiger partial charge < -0.3 is 5.73 Å². The Morgan fingerprint density at radius 1 is 1.17 bits per heavy atom. The van der Waals surface area contributed by atoms with Crippen LogP contribution in [0.1, 0.15) is 25.1 Å². The molecule has 0 amide bonds. The van der Waals surface area contributed by atoms with Gasteiger partial charge in [0, 0.05) is 11.3 Å². The molecule has 0 aliphatic rings. The van der Waals surface area contributed by atoms with Crippen LogP contribution in [0, 0.1) is 13.8 Å². The monoisotopic (exact) mass is 187 g/mol. The van der Waals surface area contributed by atoms with Crippen molar-refractivity contribution in [3.05, 3.63) is 16.5 Å². The summed E-state index contributed by atoms with van der Waals surface area (Å²) in [7, 11) is 0. The SMILES string of the molecule is CC.Cc1nc(Cl)nc(N)c1C. The van der Waals surface area contributed by atoms with Gasteiger partial charge in [-0.05, 0) is 25.4 Å². The molecular formula is C8H14ClN3. The fourth-order valence-corrected chi connectivity index (χ4v) is 0.834. The molecule has 4 heteroatoms. The van der Waals surface area contributed by atoms with E-state index in [4.69, 9.17) is 17.3 Å². The Morgan fingerprint density at radius 3 is 2.08 bits per heavy atom. The van der Waals surface area contributed by atoms with Crippen LogP contribution >= 0.6 is 11.6 Å². The summed E-state index contributed by atoms with van der Waals surface area (Å²) < 4.78 is 0. The lowest BCUT2D eigenvalue weighted by atomic mass is 10.2. The molecule has 0 saturated heterocycles. The van der Waals surface area contributed by atoms with Gasteiger partial charge in [0.2, 0.25) is 5.28 Å². The number of rotatable bonds is 0. The summed E-state index contributed by atoms with van der Waals surface area (Å²) in [6.07, 6.45) is 0. The average molecular weight is 188 g/mol. The Hall–Kier alpha value is -0.830. The molecule has 12 heavy (non-hydrogen) atoms. The molecule has 1 rings (SSSR count). The molecule has 0 spiro atoms. The maximum absolute atomic E-state index is 5.52. The summed E-state index contributed by atoms with van der Waals surface area (Å²) in [5, 5.41) is 0.209. The Labute approximate surface area is 78.0 Å². The summed E-state index contributed by atoms with van der Waals surface area (Å²) >= 11 is 5.52. The number of halogens is 1. The first-order valence-electron chi connectivity index (χ1n) is 3.87. The highest BCUT2D eigenvalue weighted by molar-refractivity contribution is 6.28. The van der Waals surface area contributed by atoms with Gasteiger partial charge in [-0.25, -0.2) is 9.97 Å². The van der Waals surface area contributed by atoms with E-state index in [9.17, 15) is 0 Å². The van der Waals surface area contributed by atoms with E-state index >= 15 is 0 Å². The van der Waals surface area contributed by atoms with E-state index in [1.807, 2.05) is 27.7 Å². The maximum atomic E-state index is 5.52. The highest BCUT2D eigenvalue weighted by atomic mass is 35.5. The zero-order chi connectivity index (χ0) is 9.72. The van der Waals surface area contributed by atoms with Crippen LogP contribution in [0.25, 0.3) is 0 Å². The summed E-state index contributed by atoms with van der Waals surface area (Å²) in [4.78, 5) is 7.67. The predicted octanol–water partition coefficient (Wildman–Crippen LogP) is 2.36. The van der Waals surface area contributed by atoms with Crippen molar-refractivity contribution in [1.82, 2.24) is 9.97 Å². The molecule has 3 nitrogen and oxygen atoms in total. The fraction of sp³-hybridized carbons (Fsp3) is 0.500. The van der Waals surface area contributed by atoms with Crippen molar-refractivity contribution in [2.75, 3.05) is 5.73 Å². The van der Waals surface area contributed by atoms with Gasteiger partial charge in [-0.3, -0.25) is 0 Å². The van der Waals surface area contributed by atoms with Crippen molar-refractivity contribution in [2.45, 2.75) is 27.7 Å². The predicted molar refractivity (Wildman–Crippen MR) is 52.3 cm³/mol. The van der Waals surface area contributed by atoms with Crippen LogP contribution in [0.5, 0.6) is 0 Å². The molecule has 0 radical (unpaired) electrons. The van der Waals surface area contributed by atoms with Crippen LogP contribution in [-0.2, 0) is 0 Å². The second-order valence-corrected chi connectivity index (χ2v) is 2.43. The zero-order valence-corrected chi connectivity index (χ0v) is 8.61. The Kier molecular flexibility index (Phi) is 4.59. The van der Waals surface area contributed by atoms with E-state index < -0.39 is 0 Å². The molecule has 0 saturated carbocycles. The summed E-state index contributed by atoms with van der Waals surface area (Å²) in [6, 6.07) is 0. The number of nitrogens with zero attached hydrogens (tertiary/aromatic N) is 2. The molecule has 0 aliphatic heterocycles. The van der Waals surface area contributed by atoms with Gasteiger partial charge in [-0.15, -0.1) is 0 Å². The van der Waals surface area contributed by atoms with E-state index in [1.54, 1.807) is 0 Å². The molecule has 0 aliphatic carbocycles. The third-order valence-electron chi connectivity index (χ3n) is 1.40. The Morgan fingerprint density at radius 2 is 1.67 bits per heavy atom. The summed E-state index contributed by atoms with van der Waals surface area (Å²) in [6.45, 7) is 7.71. The van der Waals surface area contributed by atoms with Gasteiger partial charge in [0.1, 0.15) is 5.82 Å². The van der Waals surface area contributed by atoms with Gasteiger partial charge in [0.05, 0.1) is 0 Å². The third kappa shape index (κ3) is 2.66. The number of aryl methyl sites for hydroxylation is 1. The van der Waals surface area contributed by atoms with Gasteiger partial charge >= 0.3 is 0 Å². The van der Waals surface area contributed by atoms with Crippen molar-refractivity contribution in [3.8, 4) is 0 Å². The first kappa shape index (κ1) is 11.2. The normalized spacial score (nSPS) is 8.75. The molecule has 0 aromatic carbocycles. The van der Waals surface area contributed by atoms with Gasteiger partial charge in [0.15, 0.2) is 0 Å². The van der Waals surface area contributed by atoms with Crippen LogP contribution in [-0.4, -0.2) is 9.97 Å². The van der Waals surface area contributed by atoms with Gasteiger partial charge in [-0.2, -0.15) is 0 Å². The number of hydrogen-bond donors (Lipinski definition) is 1. The quantitative estimate of drug-likeness (QED) is 0.635. The number of hydrogen-bond acceptors (Lipinski definition) is 3. The number of anilines is 1. The smallest absolute Gasteiger partial charge is 0.224 e. The fourth-order valence-electron chi connectivity index (χ4n) is 0.616. The summed E-state index contributed by atoms with van der Waals surface area (Å²) in [5.74, 6) is 0.456. The van der Waals surface area contributed by atoms with Crippen molar-refractivity contribution in [1.29, 1.82) is 0 Å². The molecule has 0 atom stereocenters. The highest BCUT2D eigenvalue weighted by Gasteiger charge is 2.01. The molecule has 1 heterocycles. The Balaban J connectivity index is 0.000000561. The molecule has 0 unspecified atom stereocenters. The number of aromatic nitrogens is 2. The molecule has 1 aromatic rings. The molecule has 0 bridgehead atoms. The van der Waals surface area contributed by atoms with E-state index in [-0.39, 0.29) is 5.28 Å². The van der Waals surface area contributed by atoms with Crippen LogP contribution in [0.15, 0.2) is 0 Å². The zero-order valence-electron chi connectivity index (χ0n) is 7.85. The molecular weight excluding hydrogens is 174 g/mol. The van der Waals surface area contributed by atoms with Crippen molar-refractivity contribution < 1.29 is 0 Å². The van der Waals surface area contributed by atoms with E-state index in [0.29, 0.717) is 5.82 Å². The van der Waals surface area contributed by atoms with Crippen LogP contribution in [0.4, 0.5) is 5.82 Å². The molecule has 68 valence electrons. The topological polar surface area (TPSA) is 51.8 Å². The minimum Gasteiger partial charge on any atom is -0.383 e. The minimum absolute atomic E-state index is 0.209. The molecule has 1 aromatic heterocycles. The maximum Gasteiger partial charge on any atom is 0.224 e. The number of nitrogen functional groups attached to an aromatic ring is 1. The van der Waals surface area contributed by atoms with Gasteiger partial charge in [-0.1, -0.05) is 13.8 Å². The van der Waals surface area contributed by atoms with Crippen molar-refractivity contribution in [3.63, 3.8) is 0 Å². The van der Waals surface area contributed by atoms with Crippen molar-refractivity contribution in [2.24, 2.45) is 0 Å². The lowest BCUT2D eigenvalue weighted by molar-refractivity contribution is 1.07. The minimum atomic E-state index is 0.209. The van der Waals surface area contributed by atoms with Crippen molar-refractivity contribution >= 4 is 17.4 Å². The first-order valence-corrected chi connectivity index (χ1v) is 4.25. The van der Waals surface area contributed by atoms with Crippen LogP contribution in [0.3, 0.4) is 0 Å². The van der Waals surface area contributed by atoms with E-state index in [2.05, 4.69) is 9.97 Å². The number of nitrogens with two attached hydrogens (primary N) is 1. The average Bonchev–Trinajstić information content (AvgIpc) is 2.04. The molecule has 2 N–H and O–H groups in total. The lowest BCUT2D eigenvalue weighted by Gasteiger charge is -2.00. The van der Waals surface area contributed by atoms with Crippen LogP contribution < -0.4 is 5.73 Å². The Bertz CT molecular complexity index is 237.